The lowest BCUT2D eigenvalue weighted by atomic mass is 9.97. The molecule has 2 rings (SSSR count). The highest BCUT2D eigenvalue weighted by Crippen LogP contribution is 2.40. The molecular weight excluding hydrogens is 271 g/mol. The van der Waals surface area contributed by atoms with Crippen molar-refractivity contribution in [2.75, 3.05) is 6.61 Å². The van der Waals surface area contributed by atoms with Gasteiger partial charge in [-0.2, -0.15) is 18.4 Å². The van der Waals surface area contributed by atoms with Gasteiger partial charge in [-0.15, -0.1) is 0 Å². The number of benzene rings is 1. The Hall–Kier alpha value is -2.29. The van der Waals surface area contributed by atoms with Crippen molar-refractivity contribution < 1.29 is 22.7 Å². The molecule has 1 aliphatic rings. The molecule has 0 aromatic heterocycles. The van der Waals surface area contributed by atoms with Gasteiger partial charge in [0.15, 0.2) is 0 Å². The average Bonchev–Trinajstić information content (AvgIpc) is 2.75. The molecule has 0 fully saturated rings. The molecule has 0 radical (unpaired) electrons. The lowest BCUT2D eigenvalue weighted by molar-refractivity contribution is -0.144. The lowest BCUT2D eigenvalue weighted by Gasteiger charge is -2.13. The number of allylic oxidation sites excluding steroid dienone is 1. The molecule has 6 heteroatoms. The standard InChI is InChI=1S/C14H10F3NO2/c1-2-20-13(19)12-5-8(7-18)10-4-3-9(6-11(10)12)14(15,16)17/h3-6,12H,2H2,1H3. The van der Waals surface area contributed by atoms with Crippen molar-refractivity contribution in [2.45, 2.75) is 19.0 Å². The molecule has 0 heterocycles. The summed E-state index contributed by atoms with van der Waals surface area (Å²) in [6.07, 6.45) is -3.16. The number of hydrogen-bond acceptors (Lipinski definition) is 3. The molecule has 104 valence electrons. The zero-order chi connectivity index (χ0) is 14.9. The fraction of sp³-hybridized carbons (Fsp3) is 0.286. The van der Waals surface area contributed by atoms with E-state index in [2.05, 4.69) is 0 Å². The Morgan fingerprint density at radius 1 is 1.45 bits per heavy atom. The summed E-state index contributed by atoms with van der Waals surface area (Å²) in [5.41, 5.74) is -0.154. The summed E-state index contributed by atoms with van der Waals surface area (Å²) in [7, 11) is 0. The Kier molecular flexibility index (Phi) is 3.53. The van der Waals surface area contributed by atoms with Gasteiger partial charge in [0.05, 0.1) is 23.8 Å². The van der Waals surface area contributed by atoms with E-state index in [1.165, 1.54) is 12.1 Å². The van der Waals surface area contributed by atoms with Gasteiger partial charge < -0.3 is 4.74 Å². The highest BCUT2D eigenvalue weighted by molar-refractivity contribution is 5.94. The fourth-order valence-corrected chi connectivity index (χ4v) is 2.11. The smallest absolute Gasteiger partial charge is 0.416 e. The number of rotatable bonds is 2. The van der Waals surface area contributed by atoms with Crippen LogP contribution in [-0.4, -0.2) is 12.6 Å². The first-order valence-electron chi connectivity index (χ1n) is 5.88. The van der Waals surface area contributed by atoms with E-state index in [1.807, 2.05) is 6.07 Å². The first-order chi connectivity index (χ1) is 9.38. The van der Waals surface area contributed by atoms with Crippen LogP contribution in [0.2, 0.25) is 0 Å². The number of esters is 1. The van der Waals surface area contributed by atoms with Crippen LogP contribution in [0.25, 0.3) is 5.57 Å². The summed E-state index contributed by atoms with van der Waals surface area (Å²) < 4.78 is 43.0. The van der Waals surface area contributed by atoms with Crippen LogP contribution >= 0.6 is 0 Å². The second kappa shape index (κ2) is 5.00. The number of carbonyl (C=O) groups is 1. The minimum absolute atomic E-state index is 0.124. The van der Waals surface area contributed by atoms with Crippen LogP contribution in [0.15, 0.2) is 24.3 Å². The molecule has 1 aromatic rings. The van der Waals surface area contributed by atoms with Crippen molar-refractivity contribution in [1.82, 2.24) is 0 Å². The van der Waals surface area contributed by atoms with Gasteiger partial charge in [0.2, 0.25) is 0 Å². The van der Waals surface area contributed by atoms with Gasteiger partial charge in [-0.1, -0.05) is 6.07 Å². The number of ether oxygens (including phenoxy) is 1. The highest BCUT2D eigenvalue weighted by Gasteiger charge is 2.35. The number of halogens is 3. The number of nitrogens with zero attached hydrogens (tertiary/aromatic N) is 1. The maximum Gasteiger partial charge on any atom is 0.416 e. The molecule has 0 bridgehead atoms. The molecule has 1 unspecified atom stereocenters. The monoisotopic (exact) mass is 281 g/mol. The number of carbonyl (C=O) groups excluding carboxylic acids is 1. The predicted molar refractivity (Wildman–Crippen MR) is 64.4 cm³/mol. The first-order valence-corrected chi connectivity index (χ1v) is 5.88. The second-order valence-corrected chi connectivity index (χ2v) is 4.22. The maximum absolute atomic E-state index is 12.7. The van der Waals surface area contributed by atoms with Gasteiger partial charge in [0.25, 0.3) is 0 Å². The van der Waals surface area contributed by atoms with Crippen LogP contribution in [-0.2, 0) is 15.7 Å². The molecule has 0 spiro atoms. The van der Waals surface area contributed by atoms with Crippen LogP contribution in [0.5, 0.6) is 0 Å². The Morgan fingerprint density at radius 2 is 2.15 bits per heavy atom. The minimum atomic E-state index is -4.50. The second-order valence-electron chi connectivity index (χ2n) is 4.22. The van der Waals surface area contributed by atoms with Crippen LogP contribution in [0.1, 0.15) is 29.5 Å². The molecule has 3 nitrogen and oxygen atoms in total. The molecule has 0 aliphatic heterocycles. The molecule has 20 heavy (non-hydrogen) atoms. The summed E-state index contributed by atoms with van der Waals surface area (Å²) >= 11 is 0. The summed E-state index contributed by atoms with van der Waals surface area (Å²) in [5.74, 6) is -1.61. The van der Waals surface area contributed by atoms with Crippen LogP contribution in [0.3, 0.4) is 0 Å². The Labute approximate surface area is 113 Å². The van der Waals surface area contributed by atoms with Crippen molar-refractivity contribution in [2.24, 2.45) is 0 Å². The summed E-state index contributed by atoms with van der Waals surface area (Å²) in [6.45, 7) is 1.73. The zero-order valence-electron chi connectivity index (χ0n) is 10.5. The van der Waals surface area contributed by atoms with E-state index in [0.29, 0.717) is 5.56 Å². The molecule has 0 amide bonds. The van der Waals surface area contributed by atoms with E-state index in [9.17, 15) is 18.0 Å². The quantitative estimate of drug-likeness (QED) is 0.782. The number of alkyl halides is 3. The average molecular weight is 281 g/mol. The molecule has 0 saturated carbocycles. The van der Waals surface area contributed by atoms with Crippen LogP contribution in [0, 0.1) is 11.3 Å². The van der Waals surface area contributed by atoms with E-state index >= 15 is 0 Å². The SMILES string of the molecule is CCOC(=O)C1C=C(C#N)c2ccc(C(F)(F)F)cc21. The molecule has 1 atom stereocenters. The van der Waals surface area contributed by atoms with E-state index in [-0.39, 0.29) is 17.7 Å². The van der Waals surface area contributed by atoms with Gasteiger partial charge in [-0.05, 0) is 36.3 Å². The molecule has 0 saturated heterocycles. The molecule has 1 aliphatic carbocycles. The number of fused-ring (bicyclic) bond motifs is 1. The Bertz CT molecular complexity index is 626. The maximum atomic E-state index is 12.7. The summed E-state index contributed by atoms with van der Waals surface area (Å²) in [4.78, 5) is 11.8. The topological polar surface area (TPSA) is 50.1 Å². The van der Waals surface area contributed by atoms with E-state index in [4.69, 9.17) is 10.00 Å². The molecule has 0 N–H and O–H groups in total. The van der Waals surface area contributed by atoms with Gasteiger partial charge in [-0.25, -0.2) is 0 Å². The highest BCUT2D eigenvalue weighted by atomic mass is 19.4. The minimum Gasteiger partial charge on any atom is -0.465 e. The number of hydrogen-bond donors (Lipinski definition) is 0. The van der Waals surface area contributed by atoms with E-state index in [1.54, 1.807) is 6.92 Å². The van der Waals surface area contributed by atoms with Crippen molar-refractivity contribution in [3.8, 4) is 6.07 Å². The fourth-order valence-electron chi connectivity index (χ4n) is 2.11. The van der Waals surface area contributed by atoms with Gasteiger partial charge in [-0.3, -0.25) is 4.79 Å². The van der Waals surface area contributed by atoms with Crippen LogP contribution < -0.4 is 0 Å². The molecule has 1 aromatic carbocycles. The van der Waals surface area contributed by atoms with Gasteiger partial charge in [0.1, 0.15) is 5.92 Å². The largest absolute Gasteiger partial charge is 0.465 e. The predicted octanol–water partition coefficient (Wildman–Crippen LogP) is 3.27. The summed E-state index contributed by atoms with van der Waals surface area (Å²) in [6, 6.07) is 4.89. The Morgan fingerprint density at radius 3 is 2.70 bits per heavy atom. The normalized spacial score (nSPS) is 17.1. The zero-order valence-corrected chi connectivity index (χ0v) is 10.5. The third-order valence-corrected chi connectivity index (χ3v) is 3.00. The van der Waals surface area contributed by atoms with Gasteiger partial charge in [0, 0.05) is 0 Å². The lowest BCUT2D eigenvalue weighted by Crippen LogP contribution is -2.14. The van der Waals surface area contributed by atoms with Crippen molar-refractivity contribution in [3.05, 3.63) is 41.0 Å². The molecular formula is C14H10F3NO2. The van der Waals surface area contributed by atoms with E-state index < -0.39 is 23.6 Å². The van der Waals surface area contributed by atoms with Crippen molar-refractivity contribution >= 4 is 11.5 Å². The number of nitriles is 1. The summed E-state index contributed by atoms with van der Waals surface area (Å²) in [5, 5.41) is 8.98. The van der Waals surface area contributed by atoms with Gasteiger partial charge >= 0.3 is 12.1 Å². The van der Waals surface area contributed by atoms with Crippen molar-refractivity contribution in [3.63, 3.8) is 0 Å². The third-order valence-electron chi connectivity index (χ3n) is 3.00. The van der Waals surface area contributed by atoms with Crippen molar-refractivity contribution in [1.29, 1.82) is 5.26 Å². The third kappa shape index (κ3) is 2.39. The van der Waals surface area contributed by atoms with E-state index in [0.717, 1.165) is 12.1 Å². The Balaban J connectivity index is 2.50. The van der Waals surface area contributed by atoms with Crippen LogP contribution in [0.4, 0.5) is 13.2 Å². The first kappa shape index (κ1) is 14.1.